The Hall–Kier alpha value is -1.38. The number of carboxylic acid groups (broad SMARTS) is 1. The number of hydrogen-bond acceptors (Lipinski definition) is 2. The van der Waals surface area contributed by atoms with Crippen LogP contribution in [0.3, 0.4) is 0 Å². The van der Waals surface area contributed by atoms with E-state index < -0.39 is 5.97 Å². The van der Waals surface area contributed by atoms with Gasteiger partial charge in [-0.05, 0) is 25.0 Å². The standard InChI is InChI=1S/C17H27NO2/c1-3-5-7-8-10-14(9-6-4-2)16-13-15(17(19)20)11-12-18-16/h11-14H,3-10H2,1-2H3,(H,19,20). The molecule has 1 aromatic rings. The Labute approximate surface area is 122 Å². The van der Waals surface area contributed by atoms with E-state index in [1.54, 1.807) is 18.3 Å². The summed E-state index contributed by atoms with van der Waals surface area (Å²) >= 11 is 0. The highest BCUT2D eigenvalue weighted by Crippen LogP contribution is 2.27. The first-order chi connectivity index (χ1) is 9.69. The number of pyridine rings is 1. The second-order valence-corrected chi connectivity index (χ2v) is 5.46. The van der Waals surface area contributed by atoms with Gasteiger partial charge in [0.15, 0.2) is 0 Å². The average Bonchev–Trinajstić information content (AvgIpc) is 2.46. The second-order valence-electron chi connectivity index (χ2n) is 5.46. The fraction of sp³-hybridized carbons (Fsp3) is 0.647. The molecule has 0 aliphatic rings. The van der Waals surface area contributed by atoms with Crippen molar-refractivity contribution in [2.45, 2.75) is 71.1 Å². The van der Waals surface area contributed by atoms with E-state index in [1.165, 1.54) is 38.5 Å². The summed E-state index contributed by atoms with van der Waals surface area (Å²) in [5.41, 5.74) is 1.31. The van der Waals surface area contributed by atoms with E-state index >= 15 is 0 Å². The quantitative estimate of drug-likeness (QED) is 0.611. The number of hydrogen-bond donors (Lipinski definition) is 1. The zero-order valence-corrected chi connectivity index (χ0v) is 12.8. The summed E-state index contributed by atoms with van der Waals surface area (Å²) < 4.78 is 0. The molecule has 112 valence electrons. The first-order valence-corrected chi connectivity index (χ1v) is 7.88. The Morgan fingerprint density at radius 1 is 1.15 bits per heavy atom. The number of carbonyl (C=O) groups is 1. The second kappa shape index (κ2) is 9.51. The molecule has 0 saturated heterocycles. The van der Waals surface area contributed by atoms with Crippen LogP contribution in [0.1, 0.15) is 87.2 Å². The highest BCUT2D eigenvalue weighted by atomic mass is 16.4. The lowest BCUT2D eigenvalue weighted by molar-refractivity contribution is 0.0696. The van der Waals surface area contributed by atoms with Crippen LogP contribution in [0.15, 0.2) is 18.3 Å². The average molecular weight is 277 g/mol. The van der Waals surface area contributed by atoms with Gasteiger partial charge in [0, 0.05) is 17.8 Å². The zero-order chi connectivity index (χ0) is 14.8. The van der Waals surface area contributed by atoms with E-state index in [1.807, 2.05) is 0 Å². The first-order valence-electron chi connectivity index (χ1n) is 7.88. The third kappa shape index (κ3) is 5.72. The summed E-state index contributed by atoms with van der Waals surface area (Å²) in [4.78, 5) is 15.5. The SMILES string of the molecule is CCCCCCC(CCCC)c1cc(C(=O)O)ccn1. The minimum absolute atomic E-state index is 0.352. The van der Waals surface area contributed by atoms with E-state index in [0.29, 0.717) is 11.5 Å². The fourth-order valence-electron chi connectivity index (χ4n) is 2.51. The van der Waals surface area contributed by atoms with Crippen LogP contribution in [0.2, 0.25) is 0 Å². The van der Waals surface area contributed by atoms with Crippen LogP contribution in [0.4, 0.5) is 0 Å². The van der Waals surface area contributed by atoms with Crippen LogP contribution in [-0.4, -0.2) is 16.1 Å². The third-order valence-corrected chi connectivity index (χ3v) is 3.76. The molecule has 0 aliphatic carbocycles. The van der Waals surface area contributed by atoms with Gasteiger partial charge in [0.05, 0.1) is 5.56 Å². The van der Waals surface area contributed by atoms with Crippen LogP contribution < -0.4 is 0 Å². The summed E-state index contributed by atoms with van der Waals surface area (Å²) in [6.45, 7) is 4.40. The number of carboxylic acids is 1. The molecular weight excluding hydrogens is 250 g/mol. The van der Waals surface area contributed by atoms with Crippen molar-refractivity contribution >= 4 is 5.97 Å². The van der Waals surface area contributed by atoms with E-state index in [9.17, 15) is 4.79 Å². The van der Waals surface area contributed by atoms with Gasteiger partial charge in [-0.1, -0.05) is 52.4 Å². The molecule has 1 rings (SSSR count). The normalized spacial score (nSPS) is 12.3. The fourth-order valence-corrected chi connectivity index (χ4v) is 2.51. The minimum Gasteiger partial charge on any atom is -0.478 e. The van der Waals surface area contributed by atoms with Crippen molar-refractivity contribution in [1.29, 1.82) is 0 Å². The van der Waals surface area contributed by atoms with Crippen LogP contribution >= 0.6 is 0 Å². The summed E-state index contributed by atoms with van der Waals surface area (Å²) in [7, 11) is 0. The number of rotatable bonds is 10. The van der Waals surface area contributed by atoms with Crippen molar-refractivity contribution in [3.05, 3.63) is 29.6 Å². The largest absolute Gasteiger partial charge is 0.478 e. The molecule has 0 fully saturated rings. The molecule has 1 N–H and O–H groups in total. The van der Waals surface area contributed by atoms with Gasteiger partial charge < -0.3 is 5.11 Å². The molecule has 0 aromatic carbocycles. The third-order valence-electron chi connectivity index (χ3n) is 3.76. The van der Waals surface area contributed by atoms with Crippen LogP contribution in [0.5, 0.6) is 0 Å². The maximum Gasteiger partial charge on any atom is 0.335 e. The lowest BCUT2D eigenvalue weighted by Gasteiger charge is -2.16. The van der Waals surface area contributed by atoms with E-state index in [0.717, 1.165) is 18.5 Å². The monoisotopic (exact) mass is 277 g/mol. The van der Waals surface area contributed by atoms with Crippen LogP contribution in [0.25, 0.3) is 0 Å². The van der Waals surface area contributed by atoms with Crippen molar-refractivity contribution in [2.24, 2.45) is 0 Å². The summed E-state index contributed by atoms with van der Waals surface area (Å²) in [6, 6.07) is 3.32. The number of unbranched alkanes of at least 4 members (excludes halogenated alkanes) is 4. The molecule has 0 amide bonds. The van der Waals surface area contributed by atoms with Crippen molar-refractivity contribution in [3.8, 4) is 0 Å². The van der Waals surface area contributed by atoms with Crippen molar-refractivity contribution in [3.63, 3.8) is 0 Å². The van der Waals surface area contributed by atoms with Gasteiger partial charge in [0.2, 0.25) is 0 Å². The number of aromatic nitrogens is 1. The highest BCUT2D eigenvalue weighted by Gasteiger charge is 2.14. The molecule has 3 nitrogen and oxygen atoms in total. The molecule has 20 heavy (non-hydrogen) atoms. The van der Waals surface area contributed by atoms with E-state index in [4.69, 9.17) is 5.11 Å². The Kier molecular flexibility index (Phi) is 7.93. The topological polar surface area (TPSA) is 50.2 Å². The molecule has 1 unspecified atom stereocenters. The van der Waals surface area contributed by atoms with Crippen LogP contribution in [-0.2, 0) is 0 Å². The molecular formula is C17H27NO2. The Morgan fingerprint density at radius 3 is 2.50 bits per heavy atom. The summed E-state index contributed by atoms with van der Waals surface area (Å²) in [6.07, 6.45) is 11.2. The molecule has 1 aromatic heterocycles. The molecule has 0 saturated carbocycles. The van der Waals surface area contributed by atoms with Gasteiger partial charge in [-0.3, -0.25) is 4.98 Å². The van der Waals surface area contributed by atoms with Gasteiger partial charge >= 0.3 is 5.97 Å². The molecule has 0 bridgehead atoms. The lowest BCUT2D eigenvalue weighted by Crippen LogP contribution is -2.05. The van der Waals surface area contributed by atoms with Crippen molar-refractivity contribution in [1.82, 2.24) is 4.98 Å². The Balaban J connectivity index is 2.70. The maximum atomic E-state index is 11.1. The Morgan fingerprint density at radius 2 is 1.85 bits per heavy atom. The molecule has 0 aliphatic heterocycles. The predicted octanol–water partition coefficient (Wildman–Crippen LogP) is 5.02. The minimum atomic E-state index is -0.867. The molecule has 1 heterocycles. The van der Waals surface area contributed by atoms with E-state index in [-0.39, 0.29) is 0 Å². The van der Waals surface area contributed by atoms with Crippen LogP contribution in [0, 0.1) is 0 Å². The number of aromatic carboxylic acids is 1. The summed E-state index contributed by atoms with van der Waals surface area (Å²) in [5.74, 6) is -0.458. The van der Waals surface area contributed by atoms with Gasteiger partial charge in [0.25, 0.3) is 0 Å². The van der Waals surface area contributed by atoms with Gasteiger partial charge in [-0.25, -0.2) is 4.79 Å². The maximum absolute atomic E-state index is 11.1. The Bertz CT molecular complexity index is 404. The highest BCUT2D eigenvalue weighted by molar-refractivity contribution is 5.87. The molecule has 0 radical (unpaired) electrons. The van der Waals surface area contributed by atoms with Crippen molar-refractivity contribution < 1.29 is 9.90 Å². The molecule has 1 atom stereocenters. The van der Waals surface area contributed by atoms with E-state index in [2.05, 4.69) is 18.8 Å². The smallest absolute Gasteiger partial charge is 0.335 e. The van der Waals surface area contributed by atoms with Gasteiger partial charge in [0.1, 0.15) is 0 Å². The first kappa shape index (κ1) is 16.7. The molecule has 3 heteroatoms. The predicted molar refractivity (Wildman–Crippen MR) is 82.2 cm³/mol. The number of nitrogens with zero attached hydrogens (tertiary/aromatic N) is 1. The molecule has 0 spiro atoms. The summed E-state index contributed by atoms with van der Waals surface area (Å²) in [5, 5.41) is 9.09. The van der Waals surface area contributed by atoms with Crippen molar-refractivity contribution in [2.75, 3.05) is 0 Å². The van der Waals surface area contributed by atoms with Gasteiger partial charge in [-0.15, -0.1) is 0 Å². The van der Waals surface area contributed by atoms with Gasteiger partial charge in [-0.2, -0.15) is 0 Å². The zero-order valence-electron chi connectivity index (χ0n) is 12.8. The lowest BCUT2D eigenvalue weighted by atomic mass is 9.91.